The second-order valence-electron chi connectivity index (χ2n) is 3.83. The standard InChI is InChI=1S/C13H11BrF2S/c1-8-5-6-12(17-8)10(14)7-9-3-2-4-11(15)13(9)16/h2-6,10H,7H2,1H3. The summed E-state index contributed by atoms with van der Waals surface area (Å²) in [5.41, 5.74) is 0.401. The molecule has 90 valence electrons. The molecular weight excluding hydrogens is 306 g/mol. The van der Waals surface area contributed by atoms with Crippen molar-refractivity contribution in [2.45, 2.75) is 18.2 Å². The minimum Gasteiger partial charge on any atom is -0.204 e. The van der Waals surface area contributed by atoms with Crippen LogP contribution in [-0.4, -0.2) is 0 Å². The van der Waals surface area contributed by atoms with E-state index in [1.165, 1.54) is 10.9 Å². The zero-order valence-corrected chi connectivity index (χ0v) is 11.6. The fraction of sp³-hybridized carbons (Fsp3) is 0.231. The maximum atomic E-state index is 13.5. The zero-order chi connectivity index (χ0) is 12.4. The van der Waals surface area contributed by atoms with Gasteiger partial charge in [0.2, 0.25) is 0 Å². The second kappa shape index (κ2) is 5.27. The Kier molecular flexibility index (Phi) is 3.94. The van der Waals surface area contributed by atoms with Gasteiger partial charge in [-0.25, -0.2) is 8.78 Å². The fourth-order valence-corrected chi connectivity index (χ4v) is 3.26. The van der Waals surface area contributed by atoms with E-state index in [2.05, 4.69) is 15.9 Å². The molecule has 0 bridgehead atoms. The molecule has 2 rings (SSSR count). The van der Waals surface area contributed by atoms with E-state index in [4.69, 9.17) is 0 Å². The Morgan fingerprint density at radius 1 is 1.24 bits per heavy atom. The van der Waals surface area contributed by atoms with Crippen molar-refractivity contribution in [1.29, 1.82) is 0 Å². The van der Waals surface area contributed by atoms with Gasteiger partial charge in [-0.05, 0) is 37.1 Å². The van der Waals surface area contributed by atoms with Gasteiger partial charge >= 0.3 is 0 Å². The van der Waals surface area contributed by atoms with Gasteiger partial charge in [0, 0.05) is 9.75 Å². The Bertz CT molecular complexity index is 522. The Morgan fingerprint density at radius 2 is 2.00 bits per heavy atom. The SMILES string of the molecule is Cc1ccc(C(Br)Cc2cccc(F)c2F)s1. The van der Waals surface area contributed by atoms with Crippen LogP contribution in [0.15, 0.2) is 30.3 Å². The van der Waals surface area contributed by atoms with Crippen LogP contribution in [0.2, 0.25) is 0 Å². The lowest BCUT2D eigenvalue weighted by Crippen LogP contribution is -1.98. The Hall–Kier alpha value is -0.740. The topological polar surface area (TPSA) is 0 Å². The highest BCUT2D eigenvalue weighted by atomic mass is 79.9. The van der Waals surface area contributed by atoms with Crippen molar-refractivity contribution in [2.24, 2.45) is 0 Å². The molecule has 0 aliphatic heterocycles. The molecule has 0 N–H and O–H groups in total. The van der Waals surface area contributed by atoms with Crippen LogP contribution in [0.4, 0.5) is 8.78 Å². The summed E-state index contributed by atoms with van der Waals surface area (Å²) in [7, 11) is 0. The van der Waals surface area contributed by atoms with Crippen LogP contribution >= 0.6 is 27.3 Å². The smallest absolute Gasteiger partial charge is 0.162 e. The first kappa shape index (κ1) is 12.7. The summed E-state index contributed by atoms with van der Waals surface area (Å²) in [4.78, 5) is 2.37. The largest absolute Gasteiger partial charge is 0.204 e. The number of alkyl halides is 1. The summed E-state index contributed by atoms with van der Waals surface area (Å²) in [5.74, 6) is -1.53. The molecule has 17 heavy (non-hydrogen) atoms. The highest BCUT2D eigenvalue weighted by Crippen LogP contribution is 2.32. The van der Waals surface area contributed by atoms with E-state index >= 15 is 0 Å². The van der Waals surface area contributed by atoms with E-state index < -0.39 is 11.6 Å². The Labute approximate surface area is 111 Å². The first-order chi connectivity index (χ1) is 8.08. The lowest BCUT2D eigenvalue weighted by Gasteiger charge is -2.08. The maximum Gasteiger partial charge on any atom is 0.162 e. The van der Waals surface area contributed by atoms with Crippen molar-refractivity contribution in [2.75, 3.05) is 0 Å². The average molecular weight is 317 g/mol. The molecule has 2 aromatic rings. The molecule has 0 saturated heterocycles. The predicted octanol–water partition coefficient (Wildman–Crippen LogP) is 5.01. The number of hydrogen-bond acceptors (Lipinski definition) is 1. The van der Waals surface area contributed by atoms with E-state index in [9.17, 15) is 8.78 Å². The van der Waals surface area contributed by atoms with Crippen LogP contribution in [-0.2, 0) is 6.42 Å². The van der Waals surface area contributed by atoms with Gasteiger partial charge in [-0.15, -0.1) is 11.3 Å². The molecule has 1 heterocycles. The monoisotopic (exact) mass is 316 g/mol. The molecule has 1 aromatic heterocycles. The molecule has 0 fully saturated rings. The summed E-state index contributed by atoms with van der Waals surface area (Å²) in [6.45, 7) is 2.02. The third-order valence-electron chi connectivity index (χ3n) is 2.50. The van der Waals surface area contributed by atoms with Crippen LogP contribution in [0.3, 0.4) is 0 Å². The van der Waals surface area contributed by atoms with Crippen LogP contribution in [0.5, 0.6) is 0 Å². The van der Waals surface area contributed by atoms with Gasteiger partial charge in [-0.2, -0.15) is 0 Å². The van der Waals surface area contributed by atoms with Gasteiger partial charge in [-0.3, -0.25) is 0 Å². The molecule has 1 atom stereocenters. The third kappa shape index (κ3) is 2.93. The lowest BCUT2D eigenvalue weighted by atomic mass is 10.1. The molecule has 1 aromatic carbocycles. The van der Waals surface area contributed by atoms with Crippen molar-refractivity contribution in [3.05, 3.63) is 57.3 Å². The molecule has 4 heteroatoms. The van der Waals surface area contributed by atoms with Gasteiger partial charge in [0.05, 0.1) is 4.83 Å². The summed E-state index contributed by atoms with van der Waals surface area (Å²) in [5, 5.41) is 0. The molecule has 0 nitrogen and oxygen atoms in total. The molecule has 0 radical (unpaired) electrons. The molecule has 1 unspecified atom stereocenters. The van der Waals surface area contributed by atoms with E-state index in [0.29, 0.717) is 12.0 Å². The van der Waals surface area contributed by atoms with Crippen molar-refractivity contribution in [3.8, 4) is 0 Å². The minimum absolute atomic E-state index is 0.0255. The molecule has 0 amide bonds. The average Bonchev–Trinajstić information content (AvgIpc) is 2.72. The minimum atomic E-state index is -0.787. The number of thiophene rings is 1. The lowest BCUT2D eigenvalue weighted by molar-refractivity contribution is 0.498. The number of aryl methyl sites for hydroxylation is 1. The van der Waals surface area contributed by atoms with Gasteiger partial charge in [0.15, 0.2) is 11.6 Å². The summed E-state index contributed by atoms with van der Waals surface area (Å²) >= 11 is 5.18. The van der Waals surface area contributed by atoms with Crippen molar-refractivity contribution >= 4 is 27.3 Å². The Balaban J connectivity index is 2.18. The first-order valence-corrected chi connectivity index (χ1v) is 6.94. The normalized spacial score (nSPS) is 12.7. The predicted molar refractivity (Wildman–Crippen MR) is 70.8 cm³/mol. The van der Waals surface area contributed by atoms with Crippen molar-refractivity contribution in [3.63, 3.8) is 0 Å². The summed E-state index contributed by atoms with van der Waals surface area (Å²) < 4.78 is 26.5. The van der Waals surface area contributed by atoms with E-state index in [1.54, 1.807) is 17.4 Å². The van der Waals surface area contributed by atoms with Crippen LogP contribution < -0.4 is 0 Å². The van der Waals surface area contributed by atoms with Gasteiger partial charge in [0.1, 0.15) is 0 Å². The van der Waals surface area contributed by atoms with Gasteiger partial charge < -0.3 is 0 Å². The van der Waals surface area contributed by atoms with Crippen molar-refractivity contribution in [1.82, 2.24) is 0 Å². The number of halogens is 3. The first-order valence-electron chi connectivity index (χ1n) is 5.21. The fourth-order valence-electron chi connectivity index (χ4n) is 1.62. The number of benzene rings is 1. The third-order valence-corrected chi connectivity index (χ3v) is 4.73. The van der Waals surface area contributed by atoms with Gasteiger partial charge in [0.25, 0.3) is 0 Å². The maximum absolute atomic E-state index is 13.5. The molecule has 0 spiro atoms. The highest BCUT2D eigenvalue weighted by molar-refractivity contribution is 9.09. The molecule has 0 saturated carbocycles. The van der Waals surface area contributed by atoms with E-state index in [-0.39, 0.29) is 4.83 Å². The molecular formula is C13H11BrF2S. The van der Waals surface area contributed by atoms with Crippen LogP contribution in [0.25, 0.3) is 0 Å². The molecule has 0 aliphatic rings. The highest BCUT2D eigenvalue weighted by Gasteiger charge is 2.14. The summed E-state index contributed by atoms with van der Waals surface area (Å²) in [6.07, 6.45) is 0.448. The Morgan fingerprint density at radius 3 is 2.65 bits per heavy atom. The van der Waals surface area contributed by atoms with Crippen LogP contribution in [0, 0.1) is 18.6 Å². The number of hydrogen-bond donors (Lipinski definition) is 0. The van der Waals surface area contributed by atoms with E-state index in [1.807, 2.05) is 19.1 Å². The van der Waals surface area contributed by atoms with Crippen LogP contribution in [0.1, 0.15) is 20.1 Å². The molecule has 0 aliphatic carbocycles. The van der Waals surface area contributed by atoms with E-state index in [0.717, 1.165) is 10.9 Å². The van der Waals surface area contributed by atoms with Gasteiger partial charge in [-0.1, -0.05) is 28.1 Å². The number of rotatable bonds is 3. The summed E-state index contributed by atoms with van der Waals surface area (Å²) in [6, 6.07) is 8.32. The zero-order valence-electron chi connectivity index (χ0n) is 9.21. The second-order valence-corrected chi connectivity index (χ2v) is 6.26. The van der Waals surface area contributed by atoms with Crippen molar-refractivity contribution < 1.29 is 8.78 Å². The quantitative estimate of drug-likeness (QED) is 0.698.